The molecule has 1 aromatic carbocycles. The normalized spacial score (nSPS) is 10.6. The van der Waals surface area contributed by atoms with E-state index in [9.17, 15) is 23.7 Å². The topological polar surface area (TPSA) is 78.0 Å². The van der Waals surface area contributed by atoms with Gasteiger partial charge in [-0.15, -0.1) is 0 Å². The van der Waals surface area contributed by atoms with Crippen molar-refractivity contribution in [1.29, 1.82) is 0 Å². The van der Waals surface area contributed by atoms with E-state index in [1.54, 1.807) is 0 Å². The second-order valence-corrected chi connectivity index (χ2v) is 4.11. The van der Waals surface area contributed by atoms with Gasteiger partial charge in [-0.2, -0.15) is 4.68 Å². The molecule has 0 aliphatic rings. The number of ketones is 1. The number of rotatable bonds is 4. The van der Waals surface area contributed by atoms with Gasteiger partial charge in [-0.1, -0.05) is 6.07 Å². The van der Waals surface area contributed by atoms with E-state index in [0.717, 1.165) is 22.9 Å². The van der Waals surface area contributed by atoms with Crippen molar-refractivity contribution in [2.75, 3.05) is 0 Å². The number of nitrogens with zero attached hydrogens (tertiary/aromatic N) is 3. The number of carbonyl (C=O) groups excluding carboxylic acids is 1. The first kappa shape index (κ1) is 13.8. The molecule has 0 aliphatic carbocycles. The largest absolute Gasteiger partial charge is 0.392 e. The van der Waals surface area contributed by atoms with Crippen molar-refractivity contribution in [3.05, 3.63) is 57.3 Å². The lowest BCUT2D eigenvalue weighted by Gasteiger charge is -2.02. The van der Waals surface area contributed by atoms with Crippen molar-refractivity contribution >= 4 is 11.6 Å². The van der Waals surface area contributed by atoms with E-state index in [4.69, 9.17) is 0 Å². The summed E-state index contributed by atoms with van der Waals surface area (Å²) < 4.78 is 27.8. The minimum atomic E-state index is -0.978. The zero-order valence-corrected chi connectivity index (χ0v) is 10.3. The fourth-order valence-electron chi connectivity index (χ4n) is 1.76. The van der Waals surface area contributed by atoms with Gasteiger partial charge >= 0.3 is 5.82 Å². The predicted octanol–water partition coefficient (Wildman–Crippen LogP) is 2.26. The van der Waals surface area contributed by atoms with Crippen LogP contribution in [-0.4, -0.2) is 20.5 Å². The first-order valence-corrected chi connectivity index (χ1v) is 5.56. The van der Waals surface area contributed by atoms with Gasteiger partial charge in [0.2, 0.25) is 0 Å². The van der Waals surface area contributed by atoms with E-state index in [2.05, 4.69) is 5.10 Å². The molecule has 1 aromatic heterocycles. The summed E-state index contributed by atoms with van der Waals surface area (Å²) in [6.07, 6.45) is 1.27. The number of carbonyl (C=O) groups is 1. The summed E-state index contributed by atoms with van der Waals surface area (Å²) in [6, 6.07) is 3.07. The van der Waals surface area contributed by atoms with Gasteiger partial charge in [0.15, 0.2) is 5.78 Å². The highest BCUT2D eigenvalue weighted by Gasteiger charge is 2.22. The van der Waals surface area contributed by atoms with Crippen molar-refractivity contribution in [2.45, 2.75) is 13.5 Å². The highest BCUT2D eigenvalue weighted by atomic mass is 19.1. The number of aromatic nitrogens is 2. The van der Waals surface area contributed by atoms with Crippen LogP contribution in [0.2, 0.25) is 0 Å². The Hall–Kier alpha value is -2.64. The lowest BCUT2D eigenvalue weighted by atomic mass is 10.1. The third kappa shape index (κ3) is 2.53. The summed E-state index contributed by atoms with van der Waals surface area (Å²) in [5.41, 5.74) is -0.417. The number of nitro groups is 1. The van der Waals surface area contributed by atoms with E-state index in [0.29, 0.717) is 0 Å². The van der Waals surface area contributed by atoms with Crippen molar-refractivity contribution < 1.29 is 18.5 Å². The molecule has 0 unspecified atom stereocenters. The molecule has 6 nitrogen and oxygen atoms in total. The van der Waals surface area contributed by atoms with E-state index in [1.807, 2.05) is 0 Å². The second kappa shape index (κ2) is 5.16. The molecule has 0 saturated heterocycles. The summed E-state index contributed by atoms with van der Waals surface area (Å²) in [7, 11) is 0. The van der Waals surface area contributed by atoms with Gasteiger partial charge in [0.05, 0.1) is 22.4 Å². The summed E-state index contributed by atoms with van der Waals surface area (Å²) >= 11 is 0. The SMILES string of the molecule is Cc1cn(CC(=O)c2c(F)cccc2F)nc1[N+](=O)[O-]. The Kier molecular flexibility index (Phi) is 3.55. The number of aryl methyl sites for hydroxylation is 1. The van der Waals surface area contributed by atoms with Crippen LogP contribution in [0, 0.1) is 28.7 Å². The predicted molar refractivity (Wildman–Crippen MR) is 64.3 cm³/mol. The number of halogens is 2. The zero-order chi connectivity index (χ0) is 14.9. The molecule has 0 radical (unpaired) electrons. The minimum Gasteiger partial charge on any atom is -0.358 e. The van der Waals surface area contributed by atoms with Gasteiger partial charge in [-0.25, -0.2) is 8.78 Å². The summed E-state index contributed by atoms with van der Waals surface area (Å²) in [4.78, 5) is 21.8. The molecule has 8 heteroatoms. The second-order valence-electron chi connectivity index (χ2n) is 4.11. The van der Waals surface area contributed by atoms with Crippen LogP contribution in [0.25, 0.3) is 0 Å². The first-order chi connectivity index (χ1) is 9.40. The van der Waals surface area contributed by atoms with Crippen LogP contribution in [0.5, 0.6) is 0 Å². The van der Waals surface area contributed by atoms with Crippen LogP contribution in [0.4, 0.5) is 14.6 Å². The number of benzene rings is 1. The van der Waals surface area contributed by atoms with E-state index in [1.165, 1.54) is 13.1 Å². The monoisotopic (exact) mass is 281 g/mol. The third-order valence-electron chi connectivity index (χ3n) is 2.64. The molecule has 1 heterocycles. The molecule has 104 valence electrons. The zero-order valence-electron chi connectivity index (χ0n) is 10.3. The van der Waals surface area contributed by atoms with Crippen LogP contribution in [0.15, 0.2) is 24.4 Å². The van der Waals surface area contributed by atoms with Gasteiger partial charge in [0.1, 0.15) is 18.2 Å². The fourth-order valence-corrected chi connectivity index (χ4v) is 1.76. The minimum absolute atomic E-state index is 0.261. The Balaban J connectivity index is 2.28. The highest BCUT2D eigenvalue weighted by Crippen LogP contribution is 2.16. The highest BCUT2D eigenvalue weighted by molar-refractivity contribution is 5.96. The molecule has 0 aliphatic heterocycles. The smallest absolute Gasteiger partial charge is 0.358 e. The Morgan fingerprint density at radius 2 is 2.00 bits per heavy atom. The van der Waals surface area contributed by atoms with Crippen molar-refractivity contribution in [3.63, 3.8) is 0 Å². The van der Waals surface area contributed by atoms with Crippen molar-refractivity contribution in [3.8, 4) is 0 Å². The summed E-state index contributed by atoms with van der Waals surface area (Å²) in [5, 5.41) is 14.2. The van der Waals surface area contributed by atoms with Gasteiger partial charge in [0.25, 0.3) is 0 Å². The van der Waals surface area contributed by atoms with Gasteiger partial charge in [0, 0.05) is 0 Å². The van der Waals surface area contributed by atoms with Gasteiger partial charge in [-0.05, 0) is 24.0 Å². The van der Waals surface area contributed by atoms with Crippen molar-refractivity contribution in [1.82, 2.24) is 9.78 Å². The molecular weight excluding hydrogens is 272 g/mol. The lowest BCUT2D eigenvalue weighted by Crippen LogP contribution is -2.14. The standard InChI is InChI=1S/C12H9F2N3O3/c1-7-5-16(15-12(7)17(19)20)6-10(18)11-8(13)3-2-4-9(11)14/h2-5H,6H2,1H3. The van der Waals surface area contributed by atoms with E-state index in [-0.39, 0.29) is 5.56 Å². The molecule has 2 aromatic rings. The Bertz CT molecular complexity index is 677. The lowest BCUT2D eigenvalue weighted by molar-refractivity contribution is -0.390. The molecule has 0 N–H and O–H groups in total. The average Bonchev–Trinajstić information content (AvgIpc) is 2.70. The third-order valence-corrected chi connectivity index (χ3v) is 2.64. The molecule has 0 saturated carbocycles. The molecule has 0 atom stereocenters. The quantitative estimate of drug-likeness (QED) is 0.489. The number of hydrogen-bond donors (Lipinski definition) is 0. The summed E-state index contributed by atoms with van der Waals surface area (Å²) in [6.45, 7) is 0.975. The maximum atomic E-state index is 13.4. The first-order valence-electron chi connectivity index (χ1n) is 5.56. The molecule has 20 heavy (non-hydrogen) atoms. The van der Waals surface area contributed by atoms with Crippen molar-refractivity contribution in [2.24, 2.45) is 0 Å². The van der Waals surface area contributed by atoms with E-state index < -0.39 is 40.3 Å². The Morgan fingerprint density at radius 3 is 2.50 bits per heavy atom. The van der Waals surface area contributed by atoms with Gasteiger partial charge < -0.3 is 10.1 Å². The van der Waals surface area contributed by atoms with Crippen LogP contribution in [0.3, 0.4) is 0 Å². The number of Topliss-reactive ketones (excluding diaryl/α,β-unsaturated/α-hetero) is 1. The Labute approximate surface area is 111 Å². The van der Waals surface area contributed by atoms with Crippen LogP contribution in [0.1, 0.15) is 15.9 Å². The van der Waals surface area contributed by atoms with Crippen LogP contribution in [-0.2, 0) is 6.54 Å². The number of hydrogen-bond acceptors (Lipinski definition) is 4. The molecule has 0 amide bonds. The van der Waals surface area contributed by atoms with Crippen LogP contribution < -0.4 is 0 Å². The molecule has 0 bridgehead atoms. The Morgan fingerprint density at radius 1 is 1.40 bits per heavy atom. The maximum absolute atomic E-state index is 13.4. The maximum Gasteiger partial charge on any atom is 0.392 e. The molecule has 0 fully saturated rings. The summed E-state index contributed by atoms with van der Waals surface area (Å²) in [5.74, 6) is -3.20. The molecular formula is C12H9F2N3O3. The van der Waals surface area contributed by atoms with E-state index >= 15 is 0 Å². The van der Waals surface area contributed by atoms with Crippen LogP contribution >= 0.6 is 0 Å². The molecule has 2 rings (SSSR count). The average molecular weight is 281 g/mol. The fraction of sp³-hybridized carbons (Fsp3) is 0.167. The molecule has 0 spiro atoms. The van der Waals surface area contributed by atoms with Gasteiger partial charge in [-0.3, -0.25) is 4.79 Å².